The molecule has 16 heavy (non-hydrogen) atoms. The number of rotatable bonds is 12. The van der Waals surface area contributed by atoms with Crippen molar-refractivity contribution >= 4 is 0 Å². The van der Waals surface area contributed by atoms with Crippen LogP contribution in [0.5, 0.6) is 0 Å². The zero-order valence-electron chi connectivity index (χ0n) is 10.3. The van der Waals surface area contributed by atoms with E-state index in [1.54, 1.807) is 0 Å². The van der Waals surface area contributed by atoms with E-state index < -0.39 is 0 Å². The minimum absolute atomic E-state index is 0.876. The van der Waals surface area contributed by atoms with Gasteiger partial charge in [0.15, 0.2) is 0 Å². The Kier molecular flexibility index (Phi) is 11.5. The summed E-state index contributed by atoms with van der Waals surface area (Å²) >= 11 is 0. The van der Waals surface area contributed by atoms with E-state index in [1.807, 2.05) is 18.2 Å². The van der Waals surface area contributed by atoms with Crippen LogP contribution in [0.3, 0.4) is 0 Å². The molecule has 3 nitrogen and oxygen atoms in total. The van der Waals surface area contributed by atoms with Gasteiger partial charge in [-0.3, -0.25) is 4.90 Å². The molecule has 0 aliphatic carbocycles. The molecule has 0 aliphatic rings. The molecular formula is C13H25N3. The highest BCUT2D eigenvalue weighted by molar-refractivity contribution is 4.80. The van der Waals surface area contributed by atoms with E-state index in [2.05, 4.69) is 35.3 Å². The van der Waals surface area contributed by atoms with Crippen LogP contribution in [-0.2, 0) is 0 Å². The van der Waals surface area contributed by atoms with Gasteiger partial charge < -0.3 is 10.6 Å². The quantitative estimate of drug-likeness (QED) is 0.382. The lowest BCUT2D eigenvalue weighted by molar-refractivity contribution is 0.332. The number of nitrogens with zero attached hydrogens (tertiary/aromatic N) is 1. The molecule has 0 amide bonds. The third kappa shape index (κ3) is 9.65. The molecule has 0 bridgehead atoms. The molecule has 0 atom stereocenters. The van der Waals surface area contributed by atoms with Crippen LogP contribution >= 0.6 is 0 Å². The lowest BCUT2D eigenvalue weighted by Gasteiger charge is -2.18. The molecule has 0 heterocycles. The van der Waals surface area contributed by atoms with Crippen LogP contribution in [0.15, 0.2) is 38.0 Å². The normalized spacial score (nSPS) is 10.3. The van der Waals surface area contributed by atoms with E-state index in [0.717, 1.165) is 45.8 Å². The largest absolute Gasteiger partial charge is 0.314 e. The van der Waals surface area contributed by atoms with Gasteiger partial charge in [-0.2, -0.15) is 0 Å². The fraction of sp³-hybridized carbons (Fsp3) is 0.538. The molecule has 92 valence electrons. The Morgan fingerprint density at radius 2 is 1.44 bits per heavy atom. The average Bonchev–Trinajstić information content (AvgIpc) is 2.28. The average molecular weight is 223 g/mol. The molecule has 0 aliphatic heterocycles. The highest BCUT2D eigenvalue weighted by atomic mass is 15.1. The first kappa shape index (κ1) is 15.1. The van der Waals surface area contributed by atoms with Crippen molar-refractivity contribution in [3.63, 3.8) is 0 Å². The first-order valence-electron chi connectivity index (χ1n) is 5.81. The van der Waals surface area contributed by atoms with Gasteiger partial charge in [-0.25, -0.2) is 0 Å². The Morgan fingerprint density at radius 1 is 0.812 bits per heavy atom. The second-order valence-electron chi connectivity index (χ2n) is 3.58. The van der Waals surface area contributed by atoms with Crippen molar-refractivity contribution in [3.05, 3.63) is 38.0 Å². The zero-order chi connectivity index (χ0) is 12.1. The maximum absolute atomic E-state index is 3.75. The molecule has 0 aromatic heterocycles. The predicted octanol–water partition coefficient (Wildman–Crippen LogP) is 1.03. The van der Waals surface area contributed by atoms with E-state index in [1.165, 1.54) is 0 Å². The lowest BCUT2D eigenvalue weighted by atomic mass is 10.4. The summed E-state index contributed by atoms with van der Waals surface area (Å²) in [5.74, 6) is 0. The van der Waals surface area contributed by atoms with Crippen molar-refractivity contribution in [3.8, 4) is 0 Å². The van der Waals surface area contributed by atoms with E-state index in [-0.39, 0.29) is 0 Å². The van der Waals surface area contributed by atoms with Gasteiger partial charge >= 0.3 is 0 Å². The lowest BCUT2D eigenvalue weighted by Crippen LogP contribution is -2.35. The van der Waals surface area contributed by atoms with Crippen molar-refractivity contribution in [2.75, 3.05) is 45.8 Å². The van der Waals surface area contributed by atoms with Gasteiger partial charge in [-0.1, -0.05) is 18.2 Å². The van der Waals surface area contributed by atoms with E-state index in [4.69, 9.17) is 0 Å². The maximum atomic E-state index is 3.75. The Balaban J connectivity index is 3.35. The second kappa shape index (κ2) is 12.2. The van der Waals surface area contributed by atoms with Crippen LogP contribution in [0.25, 0.3) is 0 Å². The molecule has 2 N–H and O–H groups in total. The molecule has 0 unspecified atom stereocenters. The number of hydrogen-bond donors (Lipinski definition) is 2. The van der Waals surface area contributed by atoms with Gasteiger partial charge in [0.05, 0.1) is 0 Å². The van der Waals surface area contributed by atoms with Crippen molar-refractivity contribution < 1.29 is 0 Å². The van der Waals surface area contributed by atoms with Crippen LogP contribution < -0.4 is 10.6 Å². The maximum Gasteiger partial charge on any atom is 0.0164 e. The first-order chi connectivity index (χ1) is 7.85. The van der Waals surface area contributed by atoms with Gasteiger partial charge in [-0.05, 0) is 0 Å². The van der Waals surface area contributed by atoms with Crippen molar-refractivity contribution in [2.45, 2.75) is 0 Å². The fourth-order valence-electron chi connectivity index (χ4n) is 1.37. The summed E-state index contributed by atoms with van der Waals surface area (Å²) in [5, 5.41) is 6.63. The van der Waals surface area contributed by atoms with Crippen LogP contribution in [0.4, 0.5) is 0 Å². The molecule has 0 rings (SSSR count). The second-order valence-corrected chi connectivity index (χ2v) is 3.58. The molecule has 3 heteroatoms. The van der Waals surface area contributed by atoms with Gasteiger partial charge in [0.25, 0.3) is 0 Å². The van der Waals surface area contributed by atoms with E-state index in [9.17, 15) is 0 Å². The smallest absolute Gasteiger partial charge is 0.0164 e. The topological polar surface area (TPSA) is 27.3 Å². The summed E-state index contributed by atoms with van der Waals surface area (Å²) in [6.45, 7) is 17.9. The highest BCUT2D eigenvalue weighted by Crippen LogP contribution is 1.87. The summed E-state index contributed by atoms with van der Waals surface area (Å²) in [7, 11) is 0. The summed E-state index contributed by atoms with van der Waals surface area (Å²) < 4.78 is 0. The molecule has 0 saturated heterocycles. The molecule has 0 spiro atoms. The van der Waals surface area contributed by atoms with Crippen LogP contribution in [-0.4, -0.2) is 50.7 Å². The third-order valence-corrected chi connectivity index (χ3v) is 2.15. The van der Waals surface area contributed by atoms with Crippen LogP contribution in [0.2, 0.25) is 0 Å². The SMILES string of the molecule is C=CCNCCNCCN(CC=C)CC=C. The van der Waals surface area contributed by atoms with E-state index in [0.29, 0.717) is 0 Å². The number of hydrogen-bond acceptors (Lipinski definition) is 3. The van der Waals surface area contributed by atoms with Crippen LogP contribution in [0.1, 0.15) is 0 Å². The summed E-state index contributed by atoms with van der Waals surface area (Å²) in [6, 6.07) is 0. The molecular weight excluding hydrogens is 198 g/mol. The van der Waals surface area contributed by atoms with Crippen molar-refractivity contribution in [1.82, 2.24) is 15.5 Å². The van der Waals surface area contributed by atoms with Gasteiger partial charge in [-0.15, -0.1) is 19.7 Å². The Labute approximate surface area is 99.9 Å². The van der Waals surface area contributed by atoms with E-state index >= 15 is 0 Å². The Morgan fingerprint density at radius 3 is 2.00 bits per heavy atom. The number of nitrogens with one attached hydrogen (secondary N) is 2. The highest BCUT2D eigenvalue weighted by Gasteiger charge is 1.98. The monoisotopic (exact) mass is 223 g/mol. The Bertz CT molecular complexity index is 180. The van der Waals surface area contributed by atoms with Crippen molar-refractivity contribution in [2.24, 2.45) is 0 Å². The minimum atomic E-state index is 0.876. The standard InChI is InChI=1S/C13H25N3/c1-4-7-14-8-9-15-10-13-16(11-5-2)12-6-3/h4-6,14-15H,1-3,7-13H2. The van der Waals surface area contributed by atoms with Crippen molar-refractivity contribution in [1.29, 1.82) is 0 Å². The van der Waals surface area contributed by atoms with Gasteiger partial charge in [0, 0.05) is 45.8 Å². The summed E-state index contributed by atoms with van der Waals surface area (Å²) in [6.07, 6.45) is 5.72. The minimum Gasteiger partial charge on any atom is -0.314 e. The van der Waals surface area contributed by atoms with Crippen LogP contribution in [0, 0.1) is 0 Å². The third-order valence-electron chi connectivity index (χ3n) is 2.15. The predicted molar refractivity (Wildman–Crippen MR) is 72.8 cm³/mol. The molecule has 0 radical (unpaired) electrons. The summed E-state index contributed by atoms with van der Waals surface area (Å²) in [5.41, 5.74) is 0. The fourth-order valence-corrected chi connectivity index (χ4v) is 1.37. The first-order valence-corrected chi connectivity index (χ1v) is 5.81. The molecule has 0 fully saturated rings. The summed E-state index contributed by atoms with van der Waals surface area (Å²) in [4.78, 5) is 2.30. The Hall–Kier alpha value is -0.900. The van der Waals surface area contributed by atoms with Gasteiger partial charge in [0.2, 0.25) is 0 Å². The zero-order valence-corrected chi connectivity index (χ0v) is 10.3. The van der Waals surface area contributed by atoms with Gasteiger partial charge in [0.1, 0.15) is 0 Å². The molecule has 0 saturated carbocycles. The molecule has 0 aromatic rings. The molecule has 0 aromatic carbocycles.